The van der Waals surface area contributed by atoms with Crippen molar-refractivity contribution in [3.63, 3.8) is 0 Å². The highest BCUT2D eigenvalue weighted by atomic mass is 35.5. The SMILES string of the molecule is COc1ccc(-c2nnc(SCC(=O)Nc3ccc(Cl)c(Cl)c3)n2C)cc1. The molecule has 0 aliphatic rings. The first kappa shape index (κ1) is 19.5. The van der Waals surface area contributed by atoms with Gasteiger partial charge in [0, 0.05) is 18.3 Å². The summed E-state index contributed by atoms with van der Waals surface area (Å²) in [5.41, 5.74) is 1.50. The summed E-state index contributed by atoms with van der Waals surface area (Å²) >= 11 is 13.1. The first-order chi connectivity index (χ1) is 13.0. The summed E-state index contributed by atoms with van der Waals surface area (Å²) in [4.78, 5) is 12.2. The Kier molecular flexibility index (Phi) is 6.26. The van der Waals surface area contributed by atoms with Gasteiger partial charge in [0.2, 0.25) is 5.91 Å². The summed E-state index contributed by atoms with van der Waals surface area (Å²) in [6, 6.07) is 12.5. The van der Waals surface area contributed by atoms with Crippen LogP contribution in [0.25, 0.3) is 11.4 Å². The Morgan fingerprint density at radius 3 is 2.56 bits per heavy atom. The zero-order valence-electron chi connectivity index (χ0n) is 14.6. The molecule has 1 aromatic heterocycles. The summed E-state index contributed by atoms with van der Waals surface area (Å²) in [7, 11) is 3.48. The van der Waals surface area contributed by atoms with Crippen LogP contribution in [0.3, 0.4) is 0 Å². The number of halogens is 2. The summed E-state index contributed by atoms with van der Waals surface area (Å²) in [6.07, 6.45) is 0. The minimum absolute atomic E-state index is 0.174. The Morgan fingerprint density at radius 2 is 1.89 bits per heavy atom. The number of hydrogen-bond acceptors (Lipinski definition) is 5. The number of carbonyl (C=O) groups excluding carboxylic acids is 1. The number of thioether (sulfide) groups is 1. The van der Waals surface area contributed by atoms with Gasteiger partial charge < -0.3 is 14.6 Å². The van der Waals surface area contributed by atoms with Crippen LogP contribution in [0.1, 0.15) is 0 Å². The number of anilines is 1. The molecule has 6 nitrogen and oxygen atoms in total. The van der Waals surface area contributed by atoms with Crippen LogP contribution in [0.2, 0.25) is 10.0 Å². The molecule has 3 aromatic rings. The molecule has 9 heteroatoms. The summed E-state index contributed by atoms with van der Waals surface area (Å²) in [6.45, 7) is 0. The van der Waals surface area contributed by atoms with Crippen LogP contribution in [0.5, 0.6) is 5.75 Å². The number of rotatable bonds is 6. The normalized spacial score (nSPS) is 10.7. The van der Waals surface area contributed by atoms with E-state index in [0.29, 0.717) is 26.7 Å². The molecule has 0 atom stereocenters. The molecular weight excluding hydrogens is 407 g/mol. The number of benzene rings is 2. The van der Waals surface area contributed by atoms with E-state index in [4.69, 9.17) is 27.9 Å². The topological polar surface area (TPSA) is 69.0 Å². The fourth-order valence-electron chi connectivity index (χ4n) is 2.33. The van der Waals surface area contributed by atoms with E-state index >= 15 is 0 Å². The lowest BCUT2D eigenvalue weighted by molar-refractivity contribution is -0.113. The third-order valence-electron chi connectivity index (χ3n) is 3.72. The van der Waals surface area contributed by atoms with Gasteiger partial charge in [0.1, 0.15) is 5.75 Å². The van der Waals surface area contributed by atoms with Crippen molar-refractivity contribution < 1.29 is 9.53 Å². The first-order valence-electron chi connectivity index (χ1n) is 7.89. The second-order valence-electron chi connectivity index (χ2n) is 5.56. The second kappa shape index (κ2) is 8.65. The lowest BCUT2D eigenvalue weighted by Gasteiger charge is -2.07. The first-order valence-corrected chi connectivity index (χ1v) is 9.63. The summed E-state index contributed by atoms with van der Waals surface area (Å²) in [5, 5.41) is 12.6. The minimum atomic E-state index is -0.174. The van der Waals surface area contributed by atoms with Crippen LogP contribution in [0.15, 0.2) is 47.6 Å². The number of carbonyl (C=O) groups is 1. The molecule has 0 fully saturated rings. The van der Waals surface area contributed by atoms with Crippen LogP contribution < -0.4 is 10.1 Å². The largest absolute Gasteiger partial charge is 0.497 e. The molecule has 2 aromatic carbocycles. The van der Waals surface area contributed by atoms with Crippen molar-refractivity contribution in [1.29, 1.82) is 0 Å². The molecule has 0 saturated carbocycles. The van der Waals surface area contributed by atoms with Crippen LogP contribution in [-0.4, -0.2) is 33.5 Å². The van der Waals surface area contributed by atoms with Gasteiger partial charge in [-0.15, -0.1) is 10.2 Å². The summed E-state index contributed by atoms with van der Waals surface area (Å²) in [5.74, 6) is 1.50. The molecular formula is C18H16Cl2N4O2S. The number of amides is 1. The number of nitrogens with zero attached hydrogens (tertiary/aromatic N) is 3. The quantitative estimate of drug-likeness (QED) is 0.590. The Hall–Kier alpha value is -2.22. The van der Waals surface area contributed by atoms with Gasteiger partial charge in [-0.05, 0) is 42.5 Å². The second-order valence-corrected chi connectivity index (χ2v) is 7.32. The van der Waals surface area contributed by atoms with Gasteiger partial charge in [0.15, 0.2) is 11.0 Å². The van der Waals surface area contributed by atoms with E-state index in [-0.39, 0.29) is 11.7 Å². The Labute approximate surface area is 170 Å². The zero-order chi connectivity index (χ0) is 19.4. The van der Waals surface area contributed by atoms with Gasteiger partial charge in [0.25, 0.3) is 0 Å². The average molecular weight is 423 g/mol. The predicted octanol–water partition coefficient (Wildman–Crippen LogP) is 4.53. The Bertz CT molecular complexity index is 960. The van der Waals surface area contributed by atoms with Crippen molar-refractivity contribution >= 4 is 46.6 Å². The number of methoxy groups -OCH3 is 1. The molecule has 1 heterocycles. The molecule has 0 aliphatic carbocycles. The van der Waals surface area contributed by atoms with E-state index in [9.17, 15) is 4.79 Å². The molecule has 1 N–H and O–H groups in total. The highest BCUT2D eigenvalue weighted by Crippen LogP contribution is 2.26. The standard InChI is InChI=1S/C18H16Cl2N4O2S/c1-24-17(11-3-6-13(26-2)7-4-11)22-23-18(24)27-10-16(25)21-12-5-8-14(19)15(20)9-12/h3-9H,10H2,1-2H3,(H,21,25). The lowest BCUT2D eigenvalue weighted by Crippen LogP contribution is -2.14. The zero-order valence-corrected chi connectivity index (χ0v) is 16.9. The van der Waals surface area contributed by atoms with Crippen molar-refractivity contribution in [3.05, 3.63) is 52.5 Å². The van der Waals surface area contributed by atoms with Crippen molar-refractivity contribution in [2.45, 2.75) is 5.16 Å². The van der Waals surface area contributed by atoms with E-state index < -0.39 is 0 Å². The molecule has 1 amide bonds. The monoisotopic (exact) mass is 422 g/mol. The maximum Gasteiger partial charge on any atom is 0.234 e. The fraction of sp³-hybridized carbons (Fsp3) is 0.167. The van der Waals surface area contributed by atoms with E-state index in [2.05, 4.69) is 15.5 Å². The molecule has 0 radical (unpaired) electrons. The van der Waals surface area contributed by atoms with E-state index in [1.165, 1.54) is 11.8 Å². The minimum Gasteiger partial charge on any atom is -0.497 e. The lowest BCUT2D eigenvalue weighted by atomic mass is 10.2. The van der Waals surface area contributed by atoms with E-state index in [0.717, 1.165) is 11.3 Å². The van der Waals surface area contributed by atoms with Crippen molar-refractivity contribution in [1.82, 2.24) is 14.8 Å². The number of nitrogens with one attached hydrogen (secondary N) is 1. The molecule has 3 rings (SSSR count). The van der Waals surface area contributed by atoms with Crippen LogP contribution in [0.4, 0.5) is 5.69 Å². The predicted molar refractivity (Wildman–Crippen MR) is 109 cm³/mol. The van der Waals surface area contributed by atoms with Gasteiger partial charge in [-0.25, -0.2) is 0 Å². The molecule has 0 aliphatic heterocycles. The van der Waals surface area contributed by atoms with Crippen molar-refractivity contribution in [2.24, 2.45) is 7.05 Å². The van der Waals surface area contributed by atoms with Gasteiger partial charge in [-0.1, -0.05) is 35.0 Å². The molecule has 0 saturated heterocycles. The number of ether oxygens (including phenoxy) is 1. The fourth-order valence-corrected chi connectivity index (χ4v) is 3.34. The van der Waals surface area contributed by atoms with Gasteiger partial charge >= 0.3 is 0 Å². The third-order valence-corrected chi connectivity index (χ3v) is 5.48. The van der Waals surface area contributed by atoms with Crippen LogP contribution in [-0.2, 0) is 11.8 Å². The maximum atomic E-state index is 12.2. The van der Waals surface area contributed by atoms with Gasteiger partial charge in [-0.3, -0.25) is 4.79 Å². The molecule has 0 spiro atoms. The van der Waals surface area contributed by atoms with E-state index in [1.54, 1.807) is 25.3 Å². The van der Waals surface area contributed by atoms with E-state index in [1.807, 2.05) is 35.9 Å². The van der Waals surface area contributed by atoms with Crippen molar-refractivity contribution in [2.75, 3.05) is 18.2 Å². The third kappa shape index (κ3) is 4.74. The molecule has 0 unspecified atom stereocenters. The molecule has 140 valence electrons. The Morgan fingerprint density at radius 1 is 1.15 bits per heavy atom. The number of aromatic nitrogens is 3. The smallest absolute Gasteiger partial charge is 0.234 e. The molecule has 27 heavy (non-hydrogen) atoms. The summed E-state index contributed by atoms with van der Waals surface area (Å²) < 4.78 is 7.01. The van der Waals surface area contributed by atoms with Crippen molar-refractivity contribution in [3.8, 4) is 17.1 Å². The average Bonchev–Trinajstić information content (AvgIpc) is 3.03. The van der Waals surface area contributed by atoms with Crippen LogP contribution in [0, 0.1) is 0 Å². The van der Waals surface area contributed by atoms with Crippen LogP contribution >= 0.6 is 35.0 Å². The number of hydrogen-bond donors (Lipinski definition) is 1. The highest BCUT2D eigenvalue weighted by Gasteiger charge is 2.13. The maximum absolute atomic E-state index is 12.2. The Balaban J connectivity index is 1.63. The van der Waals surface area contributed by atoms with Gasteiger partial charge in [-0.2, -0.15) is 0 Å². The highest BCUT2D eigenvalue weighted by molar-refractivity contribution is 7.99. The molecule has 0 bridgehead atoms. The van der Waals surface area contributed by atoms with Gasteiger partial charge in [0.05, 0.1) is 22.9 Å².